The van der Waals surface area contributed by atoms with Crippen molar-refractivity contribution in [3.63, 3.8) is 0 Å². The molecule has 2 aromatic rings. The largest absolute Gasteiger partial charge is 0.491 e. The van der Waals surface area contributed by atoms with Crippen molar-refractivity contribution >= 4 is 34.7 Å². The highest BCUT2D eigenvalue weighted by atomic mass is 32.1. The van der Waals surface area contributed by atoms with Crippen molar-refractivity contribution in [2.75, 3.05) is 5.32 Å². The summed E-state index contributed by atoms with van der Waals surface area (Å²) in [5, 5.41) is 3.15. The maximum absolute atomic E-state index is 12.1. The fourth-order valence-corrected chi connectivity index (χ4v) is 2.26. The van der Waals surface area contributed by atoms with Gasteiger partial charge >= 0.3 is 0 Å². The Kier molecular flexibility index (Phi) is 6.68. The summed E-state index contributed by atoms with van der Waals surface area (Å²) in [6.07, 6.45) is 0.0734. The molecule has 0 bridgehead atoms. The number of benzene rings is 2. The topological polar surface area (TPSA) is 79.5 Å². The van der Waals surface area contributed by atoms with E-state index in [1.807, 2.05) is 13.8 Å². The van der Waals surface area contributed by atoms with E-state index in [2.05, 4.69) is 16.2 Å². The highest BCUT2D eigenvalue weighted by molar-refractivity contribution is 7.80. The highest BCUT2D eigenvalue weighted by Gasteiger charge is 2.07. The molecule has 0 atom stereocenters. The first-order valence-electron chi connectivity index (χ1n) is 8.10. The number of hydrazine groups is 1. The summed E-state index contributed by atoms with van der Waals surface area (Å²) in [4.78, 5) is 23.4. The van der Waals surface area contributed by atoms with Gasteiger partial charge in [-0.2, -0.15) is 0 Å². The van der Waals surface area contributed by atoms with E-state index < -0.39 is 0 Å². The molecule has 0 aliphatic rings. The Morgan fingerprint density at radius 3 is 2.04 bits per heavy atom. The van der Waals surface area contributed by atoms with Crippen LogP contribution in [-0.4, -0.2) is 22.9 Å². The lowest BCUT2D eigenvalue weighted by molar-refractivity contribution is 0.0943. The molecular weight excluding hydrogens is 350 g/mol. The number of hydrogen-bond donors (Lipinski definition) is 3. The first-order valence-corrected chi connectivity index (χ1v) is 8.51. The van der Waals surface area contributed by atoms with Crippen LogP contribution in [0, 0.1) is 0 Å². The number of ether oxygens (including phenoxy) is 1. The summed E-state index contributed by atoms with van der Waals surface area (Å²) in [7, 11) is 0. The predicted molar refractivity (Wildman–Crippen MR) is 105 cm³/mol. The van der Waals surface area contributed by atoms with E-state index in [-0.39, 0.29) is 22.9 Å². The van der Waals surface area contributed by atoms with Gasteiger partial charge in [-0.15, -0.1) is 0 Å². The van der Waals surface area contributed by atoms with Crippen LogP contribution in [0.25, 0.3) is 0 Å². The number of carbonyl (C=O) groups excluding carboxylic acids is 2. The minimum absolute atomic E-state index is 0.00525. The Morgan fingerprint density at radius 1 is 0.923 bits per heavy atom. The molecule has 2 aromatic carbocycles. The minimum Gasteiger partial charge on any atom is -0.491 e. The van der Waals surface area contributed by atoms with Gasteiger partial charge in [0.15, 0.2) is 10.9 Å². The molecule has 0 unspecified atom stereocenters. The number of Topliss-reactive ketones (excluding diaryl/α,β-unsaturated/α-hetero) is 1. The third-order valence-corrected chi connectivity index (χ3v) is 3.53. The fraction of sp³-hybridized carbons (Fsp3) is 0.211. The van der Waals surface area contributed by atoms with Crippen LogP contribution in [0.3, 0.4) is 0 Å². The quantitative estimate of drug-likeness (QED) is 0.425. The van der Waals surface area contributed by atoms with Crippen molar-refractivity contribution in [3.05, 3.63) is 59.7 Å². The van der Waals surface area contributed by atoms with Gasteiger partial charge in [-0.25, -0.2) is 0 Å². The first-order chi connectivity index (χ1) is 12.3. The van der Waals surface area contributed by atoms with E-state index in [1.54, 1.807) is 48.5 Å². The Morgan fingerprint density at radius 2 is 1.50 bits per heavy atom. The van der Waals surface area contributed by atoms with Crippen molar-refractivity contribution in [2.45, 2.75) is 26.9 Å². The molecule has 7 heteroatoms. The summed E-state index contributed by atoms with van der Waals surface area (Å²) in [6, 6.07) is 13.7. The summed E-state index contributed by atoms with van der Waals surface area (Å²) in [5.74, 6) is 0.377. The van der Waals surface area contributed by atoms with Crippen molar-refractivity contribution < 1.29 is 14.3 Å². The van der Waals surface area contributed by atoms with Gasteiger partial charge < -0.3 is 10.1 Å². The molecular formula is C19H21N3O3S. The smallest absolute Gasteiger partial charge is 0.269 e. The lowest BCUT2D eigenvalue weighted by atomic mass is 10.1. The molecule has 0 aliphatic carbocycles. The van der Waals surface area contributed by atoms with E-state index in [1.165, 1.54) is 6.92 Å². The molecule has 0 fully saturated rings. The van der Waals surface area contributed by atoms with Gasteiger partial charge in [0, 0.05) is 16.8 Å². The van der Waals surface area contributed by atoms with Gasteiger partial charge in [-0.05, 0) is 81.5 Å². The van der Waals surface area contributed by atoms with Crippen LogP contribution in [0.4, 0.5) is 5.69 Å². The lowest BCUT2D eigenvalue weighted by Crippen LogP contribution is -2.43. The minimum atomic E-state index is -0.322. The first kappa shape index (κ1) is 19.4. The Balaban J connectivity index is 1.84. The number of carbonyl (C=O) groups is 2. The van der Waals surface area contributed by atoms with Crippen LogP contribution in [0.5, 0.6) is 5.75 Å². The summed E-state index contributed by atoms with van der Waals surface area (Å²) in [5.41, 5.74) is 6.96. The number of rotatable bonds is 5. The van der Waals surface area contributed by atoms with Crippen molar-refractivity contribution in [1.29, 1.82) is 0 Å². The molecule has 6 nitrogen and oxygen atoms in total. The number of nitrogens with one attached hydrogen (secondary N) is 3. The number of hydrogen-bond acceptors (Lipinski definition) is 4. The third-order valence-electron chi connectivity index (χ3n) is 3.33. The molecule has 0 spiro atoms. The van der Waals surface area contributed by atoms with Crippen LogP contribution in [-0.2, 0) is 0 Å². The molecule has 26 heavy (non-hydrogen) atoms. The molecule has 2 rings (SSSR count). The lowest BCUT2D eigenvalue weighted by Gasteiger charge is -2.13. The Labute approximate surface area is 157 Å². The van der Waals surface area contributed by atoms with Gasteiger partial charge in [-0.1, -0.05) is 0 Å². The van der Waals surface area contributed by atoms with Crippen LogP contribution < -0.4 is 20.9 Å². The number of anilines is 1. The third kappa shape index (κ3) is 5.86. The predicted octanol–water partition coefficient (Wildman–Crippen LogP) is 3.31. The molecule has 0 heterocycles. The molecule has 0 radical (unpaired) electrons. The molecule has 0 saturated carbocycles. The summed E-state index contributed by atoms with van der Waals surface area (Å²) >= 11 is 5.13. The summed E-state index contributed by atoms with van der Waals surface area (Å²) in [6.45, 7) is 5.38. The van der Waals surface area contributed by atoms with E-state index in [0.717, 1.165) is 0 Å². The molecule has 0 aromatic heterocycles. The van der Waals surface area contributed by atoms with Crippen molar-refractivity contribution in [3.8, 4) is 5.75 Å². The maximum Gasteiger partial charge on any atom is 0.269 e. The number of ketones is 1. The number of thiocarbonyl (C=S) groups is 1. The highest BCUT2D eigenvalue weighted by Crippen LogP contribution is 2.13. The van der Waals surface area contributed by atoms with E-state index in [0.29, 0.717) is 22.6 Å². The standard InChI is InChI=1S/C19H21N3O3S/c1-12(2)25-17-10-6-15(7-11-17)18(24)21-22-19(26)20-16-8-4-14(5-9-16)13(3)23/h4-12H,1-3H3,(H,21,24)(H2,20,22,26). The second-order valence-corrected chi connectivity index (χ2v) is 6.27. The second-order valence-electron chi connectivity index (χ2n) is 5.86. The van der Waals surface area contributed by atoms with Crippen LogP contribution >= 0.6 is 12.2 Å². The van der Waals surface area contributed by atoms with Crippen LogP contribution in [0.15, 0.2) is 48.5 Å². The Hall–Kier alpha value is -2.93. The SMILES string of the molecule is CC(=O)c1ccc(NC(=S)NNC(=O)c2ccc(OC(C)C)cc2)cc1. The van der Waals surface area contributed by atoms with Gasteiger partial charge in [-0.3, -0.25) is 20.4 Å². The monoisotopic (exact) mass is 371 g/mol. The van der Waals surface area contributed by atoms with Crippen molar-refractivity contribution in [1.82, 2.24) is 10.9 Å². The molecule has 0 saturated heterocycles. The van der Waals surface area contributed by atoms with Gasteiger partial charge in [0.2, 0.25) is 0 Å². The van der Waals surface area contributed by atoms with Crippen molar-refractivity contribution in [2.24, 2.45) is 0 Å². The average Bonchev–Trinajstić information content (AvgIpc) is 2.60. The number of amides is 1. The van der Waals surface area contributed by atoms with Crippen LogP contribution in [0.2, 0.25) is 0 Å². The van der Waals surface area contributed by atoms with Gasteiger partial charge in [0.05, 0.1) is 6.10 Å². The van der Waals surface area contributed by atoms with E-state index in [4.69, 9.17) is 17.0 Å². The molecule has 1 amide bonds. The van der Waals surface area contributed by atoms with E-state index in [9.17, 15) is 9.59 Å². The Bertz CT molecular complexity index is 787. The van der Waals surface area contributed by atoms with Gasteiger partial charge in [0.1, 0.15) is 5.75 Å². The maximum atomic E-state index is 12.1. The summed E-state index contributed by atoms with van der Waals surface area (Å²) < 4.78 is 5.54. The zero-order chi connectivity index (χ0) is 19.1. The normalized spacial score (nSPS) is 10.2. The van der Waals surface area contributed by atoms with E-state index >= 15 is 0 Å². The zero-order valence-electron chi connectivity index (χ0n) is 14.8. The molecule has 3 N–H and O–H groups in total. The zero-order valence-corrected chi connectivity index (χ0v) is 15.6. The molecule has 136 valence electrons. The average molecular weight is 371 g/mol. The second kappa shape index (κ2) is 8.96. The van der Waals surface area contributed by atoms with Gasteiger partial charge in [0.25, 0.3) is 5.91 Å². The molecule has 0 aliphatic heterocycles. The fourth-order valence-electron chi connectivity index (χ4n) is 2.09. The van der Waals surface area contributed by atoms with Crippen LogP contribution in [0.1, 0.15) is 41.5 Å².